The molecule has 0 aromatic heterocycles. The van der Waals surface area contributed by atoms with Crippen LogP contribution in [0.15, 0.2) is 48.5 Å². The van der Waals surface area contributed by atoms with Crippen LogP contribution in [0, 0.1) is 0 Å². The van der Waals surface area contributed by atoms with Crippen molar-refractivity contribution in [3.8, 4) is 11.1 Å². The number of fused-ring (bicyclic) bond motifs is 3. The van der Waals surface area contributed by atoms with Crippen molar-refractivity contribution in [1.29, 1.82) is 0 Å². The molecule has 0 atom stereocenters. The Kier molecular flexibility index (Phi) is 6.15. The third kappa shape index (κ3) is 5.02. The van der Waals surface area contributed by atoms with Crippen LogP contribution >= 0.6 is 0 Å². The summed E-state index contributed by atoms with van der Waals surface area (Å²) in [4.78, 5) is 36.3. The van der Waals surface area contributed by atoms with Crippen molar-refractivity contribution >= 4 is 18.0 Å². The first-order valence-electron chi connectivity index (χ1n) is 11.3. The Hall–Kier alpha value is -3.35. The maximum atomic E-state index is 12.7. The number of benzene rings is 2. The SMILES string of the molecule is CC(C)(CC(=O)O)NC(=O)CC1(NC(=O)OCC2c3ccccc3-c3ccccc32)CCC1. The van der Waals surface area contributed by atoms with Gasteiger partial charge >= 0.3 is 12.1 Å². The summed E-state index contributed by atoms with van der Waals surface area (Å²) in [6.07, 6.45) is 1.67. The number of hydrogen-bond donors (Lipinski definition) is 3. The zero-order valence-corrected chi connectivity index (χ0v) is 19.0. The smallest absolute Gasteiger partial charge is 0.407 e. The van der Waals surface area contributed by atoms with Crippen molar-refractivity contribution in [2.45, 2.75) is 62.9 Å². The fourth-order valence-electron chi connectivity index (χ4n) is 4.95. The topological polar surface area (TPSA) is 105 Å². The first kappa shape index (κ1) is 22.8. The van der Waals surface area contributed by atoms with Gasteiger partial charge in [-0.15, -0.1) is 0 Å². The van der Waals surface area contributed by atoms with E-state index in [1.807, 2.05) is 24.3 Å². The standard InChI is InChI=1S/C26H30N2O5/c1-25(2,15-23(30)31)27-22(29)14-26(12-7-13-26)28-24(32)33-16-21-19-10-5-3-8-17(19)18-9-4-6-11-20(18)21/h3-6,8-11,21H,7,12-16H2,1-2H3,(H,27,29)(H,28,32)(H,30,31). The van der Waals surface area contributed by atoms with E-state index in [0.717, 1.165) is 17.5 Å². The number of hydrogen-bond acceptors (Lipinski definition) is 4. The molecule has 0 bridgehead atoms. The largest absolute Gasteiger partial charge is 0.481 e. The molecule has 0 aliphatic heterocycles. The van der Waals surface area contributed by atoms with Gasteiger partial charge in [0.05, 0.1) is 12.0 Å². The van der Waals surface area contributed by atoms with Gasteiger partial charge in [-0.2, -0.15) is 0 Å². The van der Waals surface area contributed by atoms with Gasteiger partial charge in [-0.1, -0.05) is 48.5 Å². The van der Waals surface area contributed by atoms with E-state index >= 15 is 0 Å². The number of amides is 2. The number of carboxylic acids is 1. The van der Waals surface area contributed by atoms with Crippen LogP contribution in [0.5, 0.6) is 0 Å². The Bertz CT molecular complexity index is 1030. The second-order valence-electron chi connectivity index (χ2n) is 9.76. The van der Waals surface area contributed by atoms with Crippen molar-refractivity contribution in [2.75, 3.05) is 6.61 Å². The third-order valence-corrected chi connectivity index (χ3v) is 6.59. The van der Waals surface area contributed by atoms with E-state index in [-0.39, 0.29) is 31.3 Å². The van der Waals surface area contributed by atoms with Crippen molar-refractivity contribution in [3.05, 3.63) is 59.7 Å². The maximum Gasteiger partial charge on any atom is 0.407 e. The quantitative estimate of drug-likeness (QED) is 0.559. The lowest BCUT2D eigenvalue weighted by molar-refractivity contribution is -0.138. The predicted octanol–water partition coefficient (Wildman–Crippen LogP) is 4.21. The summed E-state index contributed by atoms with van der Waals surface area (Å²) >= 11 is 0. The second kappa shape index (κ2) is 8.89. The lowest BCUT2D eigenvalue weighted by atomic mass is 9.74. The van der Waals surface area contributed by atoms with Crippen LogP contribution in [-0.2, 0) is 14.3 Å². The summed E-state index contributed by atoms with van der Waals surface area (Å²) in [6, 6.07) is 16.3. The molecule has 2 aromatic carbocycles. The van der Waals surface area contributed by atoms with Gasteiger partial charge in [-0.3, -0.25) is 9.59 Å². The molecular formula is C26H30N2O5. The van der Waals surface area contributed by atoms with E-state index in [2.05, 4.69) is 34.9 Å². The van der Waals surface area contributed by atoms with Crippen molar-refractivity contribution in [3.63, 3.8) is 0 Å². The molecule has 2 aromatic rings. The van der Waals surface area contributed by atoms with E-state index in [0.29, 0.717) is 12.8 Å². The van der Waals surface area contributed by atoms with Gasteiger partial charge in [0, 0.05) is 17.9 Å². The molecular weight excluding hydrogens is 420 g/mol. The molecule has 1 saturated carbocycles. The van der Waals surface area contributed by atoms with Crippen LogP contribution in [0.3, 0.4) is 0 Å². The number of carboxylic acid groups (broad SMARTS) is 1. The van der Waals surface area contributed by atoms with Crippen LogP contribution < -0.4 is 10.6 Å². The highest BCUT2D eigenvalue weighted by molar-refractivity contribution is 5.81. The lowest BCUT2D eigenvalue weighted by Crippen LogP contribution is -2.57. The van der Waals surface area contributed by atoms with E-state index in [4.69, 9.17) is 9.84 Å². The molecule has 4 rings (SSSR count). The number of rotatable bonds is 8. The molecule has 0 spiro atoms. The number of ether oxygens (including phenoxy) is 1. The molecule has 7 nitrogen and oxygen atoms in total. The van der Waals surface area contributed by atoms with Gasteiger partial charge in [0.2, 0.25) is 5.91 Å². The Morgan fingerprint density at radius 3 is 2.12 bits per heavy atom. The van der Waals surface area contributed by atoms with Crippen LogP contribution in [0.25, 0.3) is 11.1 Å². The van der Waals surface area contributed by atoms with Crippen molar-refractivity contribution in [2.24, 2.45) is 0 Å². The van der Waals surface area contributed by atoms with Crippen molar-refractivity contribution < 1.29 is 24.2 Å². The molecule has 2 aliphatic carbocycles. The number of alkyl carbamates (subject to hydrolysis) is 1. The summed E-state index contributed by atoms with van der Waals surface area (Å²) < 4.78 is 5.65. The van der Waals surface area contributed by atoms with E-state index in [1.54, 1.807) is 13.8 Å². The predicted molar refractivity (Wildman–Crippen MR) is 124 cm³/mol. The number of aliphatic carboxylic acids is 1. The van der Waals surface area contributed by atoms with Gasteiger partial charge in [-0.25, -0.2) is 4.79 Å². The minimum Gasteiger partial charge on any atom is -0.481 e. The van der Waals surface area contributed by atoms with Crippen LogP contribution in [0.4, 0.5) is 4.79 Å². The highest BCUT2D eigenvalue weighted by Crippen LogP contribution is 2.44. The highest BCUT2D eigenvalue weighted by atomic mass is 16.5. The number of carbonyl (C=O) groups is 3. The van der Waals surface area contributed by atoms with Gasteiger partial charge < -0.3 is 20.5 Å². The second-order valence-corrected chi connectivity index (χ2v) is 9.76. The minimum atomic E-state index is -0.976. The van der Waals surface area contributed by atoms with E-state index in [9.17, 15) is 14.4 Å². The van der Waals surface area contributed by atoms with Crippen LogP contribution in [0.2, 0.25) is 0 Å². The monoisotopic (exact) mass is 450 g/mol. The van der Waals surface area contributed by atoms with Gasteiger partial charge in [0.15, 0.2) is 0 Å². The summed E-state index contributed by atoms with van der Waals surface area (Å²) in [5.74, 6) is -1.28. The molecule has 0 unspecified atom stereocenters. The molecule has 1 fully saturated rings. The maximum absolute atomic E-state index is 12.7. The highest BCUT2D eigenvalue weighted by Gasteiger charge is 2.42. The zero-order chi connectivity index (χ0) is 23.6. The number of carbonyl (C=O) groups excluding carboxylic acids is 2. The fraction of sp³-hybridized carbons (Fsp3) is 0.423. The molecule has 3 N–H and O–H groups in total. The fourth-order valence-corrected chi connectivity index (χ4v) is 4.95. The molecule has 0 heterocycles. The minimum absolute atomic E-state index is 0.0272. The molecule has 0 radical (unpaired) electrons. The molecule has 2 amide bonds. The Labute approximate surface area is 193 Å². The van der Waals surface area contributed by atoms with E-state index in [1.165, 1.54) is 11.1 Å². The molecule has 7 heteroatoms. The molecule has 174 valence electrons. The normalized spacial score (nSPS) is 16.2. The van der Waals surface area contributed by atoms with Gasteiger partial charge in [0.1, 0.15) is 6.61 Å². The number of nitrogens with one attached hydrogen (secondary N) is 2. The first-order chi connectivity index (χ1) is 15.7. The molecule has 2 aliphatic rings. The Balaban J connectivity index is 1.36. The summed E-state index contributed by atoms with van der Waals surface area (Å²) in [6.45, 7) is 3.56. The lowest BCUT2D eigenvalue weighted by Gasteiger charge is -2.42. The van der Waals surface area contributed by atoms with E-state index < -0.39 is 23.1 Å². The Morgan fingerprint density at radius 2 is 1.61 bits per heavy atom. The Morgan fingerprint density at radius 1 is 1.03 bits per heavy atom. The first-order valence-corrected chi connectivity index (χ1v) is 11.3. The average molecular weight is 451 g/mol. The van der Waals surface area contributed by atoms with Gasteiger partial charge in [0.25, 0.3) is 0 Å². The summed E-state index contributed by atoms with van der Waals surface area (Å²) in [5.41, 5.74) is 3.11. The zero-order valence-electron chi connectivity index (χ0n) is 19.0. The van der Waals surface area contributed by atoms with Gasteiger partial charge in [-0.05, 0) is 55.4 Å². The van der Waals surface area contributed by atoms with Crippen molar-refractivity contribution in [1.82, 2.24) is 10.6 Å². The summed E-state index contributed by atoms with van der Waals surface area (Å²) in [5, 5.41) is 14.7. The molecule has 33 heavy (non-hydrogen) atoms. The molecule has 0 saturated heterocycles. The van der Waals surface area contributed by atoms with Crippen LogP contribution in [-0.4, -0.2) is 40.8 Å². The van der Waals surface area contributed by atoms with Crippen LogP contribution in [0.1, 0.15) is 63.0 Å². The summed E-state index contributed by atoms with van der Waals surface area (Å²) in [7, 11) is 0. The third-order valence-electron chi connectivity index (χ3n) is 6.59. The average Bonchev–Trinajstić information content (AvgIpc) is 3.03.